The molecule has 0 aromatic heterocycles. The Labute approximate surface area is 86.9 Å². The molecule has 76 valence electrons. The minimum Gasteiger partial charge on any atom is -0.148 e. The Hall–Kier alpha value is 0.350. The summed E-state index contributed by atoms with van der Waals surface area (Å²) in [6.07, 6.45) is 11.8. The second kappa shape index (κ2) is 3.49. The van der Waals surface area contributed by atoms with Gasteiger partial charge in [-0.15, -0.1) is 11.8 Å². The van der Waals surface area contributed by atoms with Crippen molar-refractivity contribution in [1.82, 2.24) is 0 Å². The summed E-state index contributed by atoms with van der Waals surface area (Å²) in [7, 11) is 0. The molecule has 2 fully saturated rings. The van der Waals surface area contributed by atoms with Crippen LogP contribution in [0.1, 0.15) is 65.2 Å². The van der Waals surface area contributed by atoms with Gasteiger partial charge in [-0.3, -0.25) is 0 Å². The average Bonchev–Trinajstić information content (AvgIpc) is 2.02. The first-order valence-electron chi connectivity index (χ1n) is 5.94. The summed E-state index contributed by atoms with van der Waals surface area (Å²) in [5.74, 6) is 0. The first kappa shape index (κ1) is 9.89. The first-order chi connectivity index (χ1) is 6.24. The van der Waals surface area contributed by atoms with Crippen LogP contribution in [0.25, 0.3) is 0 Å². The predicted octanol–water partition coefficient (Wildman–Crippen LogP) is 4.39. The fraction of sp³-hybridized carbons (Fsp3) is 1.00. The Morgan fingerprint density at radius 2 is 1.23 bits per heavy atom. The molecule has 0 aromatic carbocycles. The van der Waals surface area contributed by atoms with E-state index in [9.17, 15) is 0 Å². The van der Waals surface area contributed by atoms with E-state index in [1.54, 1.807) is 0 Å². The third kappa shape index (κ3) is 1.65. The van der Waals surface area contributed by atoms with Gasteiger partial charge in [-0.25, -0.2) is 0 Å². The van der Waals surface area contributed by atoms with Gasteiger partial charge in [0.25, 0.3) is 0 Å². The van der Waals surface area contributed by atoms with Crippen LogP contribution in [-0.4, -0.2) is 9.49 Å². The Balaban J connectivity index is 1.94. The van der Waals surface area contributed by atoms with Crippen LogP contribution >= 0.6 is 11.8 Å². The summed E-state index contributed by atoms with van der Waals surface area (Å²) in [5, 5.41) is 0. The number of thioether (sulfide) groups is 1. The van der Waals surface area contributed by atoms with Crippen molar-refractivity contribution in [3.8, 4) is 0 Å². The molecule has 0 bridgehead atoms. The minimum absolute atomic E-state index is 0.719. The fourth-order valence-corrected chi connectivity index (χ4v) is 4.85. The van der Waals surface area contributed by atoms with E-state index >= 15 is 0 Å². The van der Waals surface area contributed by atoms with E-state index in [1.807, 2.05) is 0 Å². The molecule has 2 rings (SSSR count). The van der Waals surface area contributed by atoms with Crippen molar-refractivity contribution >= 4 is 11.8 Å². The van der Waals surface area contributed by atoms with Crippen molar-refractivity contribution in [2.45, 2.75) is 74.7 Å². The van der Waals surface area contributed by atoms with Gasteiger partial charge in [-0.1, -0.05) is 26.7 Å². The highest BCUT2D eigenvalue weighted by Crippen LogP contribution is 2.58. The lowest BCUT2D eigenvalue weighted by Gasteiger charge is -2.51. The van der Waals surface area contributed by atoms with Crippen LogP contribution in [0.4, 0.5) is 0 Å². The quantitative estimate of drug-likeness (QED) is 0.646. The fourth-order valence-electron chi connectivity index (χ4n) is 2.66. The molecule has 1 heteroatoms. The van der Waals surface area contributed by atoms with Crippen LogP contribution < -0.4 is 0 Å². The molecular weight excluding hydrogens is 176 g/mol. The van der Waals surface area contributed by atoms with Crippen molar-refractivity contribution in [3.63, 3.8) is 0 Å². The van der Waals surface area contributed by atoms with E-state index in [2.05, 4.69) is 25.6 Å². The van der Waals surface area contributed by atoms with Crippen LogP contribution in [0.15, 0.2) is 0 Å². The summed E-state index contributed by atoms with van der Waals surface area (Å²) in [6.45, 7) is 4.77. The Morgan fingerprint density at radius 1 is 0.846 bits per heavy atom. The molecule has 2 aliphatic carbocycles. The summed E-state index contributed by atoms with van der Waals surface area (Å²) in [5.41, 5.74) is 0. The summed E-state index contributed by atoms with van der Waals surface area (Å²) in [6, 6.07) is 0. The molecule has 0 nitrogen and oxygen atoms in total. The normalized spacial score (nSPS) is 29.1. The maximum atomic E-state index is 2.38. The van der Waals surface area contributed by atoms with E-state index in [-0.39, 0.29) is 0 Å². The molecule has 0 radical (unpaired) electrons. The highest BCUT2D eigenvalue weighted by molar-refractivity contribution is 8.02. The van der Waals surface area contributed by atoms with E-state index in [1.165, 1.54) is 51.4 Å². The highest BCUT2D eigenvalue weighted by Gasteiger charge is 2.46. The Bertz CT molecular complexity index is 147. The van der Waals surface area contributed by atoms with Crippen molar-refractivity contribution in [1.29, 1.82) is 0 Å². The molecule has 2 aliphatic rings. The SMILES string of the molecule is CCC1(SC2(CC)CCC2)CCC1. The number of hydrogen-bond donors (Lipinski definition) is 0. The summed E-state index contributed by atoms with van der Waals surface area (Å²) < 4.78 is 1.44. The molecule has 0 aliphatic heterocycles. The lowest BCUT2D eigenvalue weighted by Crippen LogP contribution is -2.43. The monoisotopic (exact) mass is 198 g/mol. The van der Waals surface area contributed by atoms with Crippen LogP contribution in [0.2, 0.25) is 0 Å². The average molecular weight is 198 g/mol. The Morgan fingerprint density at radius 3 is 1.38 bits per heavy atom. The molecule has 0 amide bonds. The number of hydrogen-bond acceptors (Lipinski definition) is 1. The Kier molecular flexibility index (Phi) is 2.65. The van der Waals surface area contributed by atoms with Crippen LogP contribution in [0, 0.1) is 0 Å². The summed E-state index contributed by atoms with van der Waals surface area (Å²) >= 11 is 2.37. The second-order valence-corrected chi connectivity index (χ2v) is 6.82. The molecule has 2 saturated carbocycles. The van der Waals surface area contributed by atoms with Crippen LogP contribution in [0.5, 0.6) is 0 Å². The van der Waals surface area contributed by atoms with Crippen molar-refractivity contribution in [2.75, 3.05) is 0 Å². The van der Waals surface area contributed by atoms with E-state index in [4.69, 9.17) is 0 Å². The van der Waals surface area contributed by atoms with Gasteiger partial charge in [0.05, 0.1) is 0 Å². The second-order valence-electron chi connectivity index (χ2n) is 4.88. The molecule has 0 aromatic rings. The van der Waals surface area contributed by atoms with Gasteiger partial charge in [0, 0.05) is 9.49 Å². The molecule has 0 spiro atoms. The van der Waals surface area contributed by atoms with Crippen molar-refractivity contribution in [3.05, 3.63) is 0 Å². The standard InChI is InChI=1S/C12H22S/c1-3-11(7-5-8-11)13-12(4-2)9-6-10-12/h3-10H2,1-2H3. The molecule has 0 heterocycles. The van der Waals surface area contributed by atoms with E-state index in [0.29, 0.717) is 0 Å². The van der Waals surface area contributed by atoms with Gasteiger partial charge in [-0.2, -0.15) is 0 Å². The third-order valence-corrected chi connectivity index (χ3v) is 6.51. The zero-order valence-corrected chi connectivity index (χ0v) is 9.88. The topological polar surface area (TPSA) is 0 Å². The largest absolute Gasteiger partial charge is 0.148 e. The number of rotatable bonds is 4. The van der Waals surface area contributed by atoms with Gasteiger partial charge < -0.3 is 0 Å². The smallest absolute Gasteiger partial charge is 0.0163 e. The van der Waals surface area contributed by atoms with Crippen LogP contribution in [0.3, 0.4) is 0 Å². The zero-order valence-electron chi connectivity index (χ0n) is 9.07. The van der Waals surface area contributed by atoms with Crippen molar-refractivity contribution < 1.29 is 0 Å². The van der Waals surface area contributed by atoms with E-state index in [0.717, 1.165) is 9.49 Å². The van der Waals surface area contributed by atoms with Gasteiger partial charge in [0.1, 0.15) is 0 Å². The van der Waals surface area contributed by atoms with Gasteiger partial charge >= 0.3 is 0 Å². The summed E-state index contributed by atoms with van der Waals surface area (Å²) in [4.78, 5) is 0. The highest BCUT2D eigenvalue weighted by atomic mass is 32.2. The maximum Gasteiger partial charge on any atom is 0.0163 e. The molecule has 0 atom stereocenters. The molecule has 0 unspecified atom stereocenters. The van der Waals surface area contributed by atoms with Gasteiger partial charge in [0.2, 0.25) is 0 Å². The van der Waals surface area contributed by atoms with Crippen molar-refractivity contribution in [2.24, 2.45) is 0 Å². The molecule has 13 heavy (non-hydrogen) atoms. The zero-order chi connectivity index (χ0) is 9.36. The van der Waals surface area contributed by atoms with Crippen LogP contribution in [-0.2, 0) is 0 Å². The van der Waals surface area contributed by atoms with E-state index < -0.39 is 0 Å². The molecular formula is C12H22S. The molecule has 0 N–H and O–H groups in total. The third-order valence-electron chi connectivity index (χ3n) is 4.25. The lowest BCUT2D eigenvalue weighted by atomic mass is 9.81. The maximum absolute atomic E-state index is 2.38. The minimum atomic E-state index is 0.719. The van der Waals surface area contributed by atoms with Gasteiger partial charge in [-0.05, 0) is 38.5 Å². The molecule has 0 saturated heterocycles. The first-order valence-corrected chi connectivity index (χ1v) is 6.76. The lowest BCUT2D eigenvalue weighted by molar-refractivity contribution is 0.314. The predicted molar refractivity (Wildman–Crippen MR) is 61.3 cm³/mol. The van der Waals surface area contributed by atoms with Gasteiger partial charge in [0.15, 0.2) is 0 Å².